The van der Waals surface area contributed by atoms with Gasteiger partial charge in [-0.2, -0.15) is 0 Å². The van der Waals surface area contributed by atoms with Gasteiger partial charge in [0.1, 0.15) is 6.54 Å². The van der Waals surface area contributed by atoms with Gasteiger partial charge in [-0.3, -0.25) is 9.59 Å². The molecule has 0 aromatic heterocycles. The Morgan fingerprint density at radius 3 is 2.60 bits per heavy atom. The van der Waals surface area contributed by atoms with E-state index in [-0.39, 0.29) is 12.5 Å². The molecule has 0 spiro atoms. The van der Waals surface area contributed by atoms with Crippen LogP contribution >= 0.6 is 0 Å². The Hall–Kier alpha value is -1.06. The molecule has 1 aliphatic heterocycles. The average molecular weight is 215 g/mol. The van der Waals surface area contributed by atoms with E-state index >= 15 is 0 Å². The molecule has 15 heavy (non-hydrogen) atoms. The third kappa shape index (κ3) is 4.81. The summed E-state index contributed by atoms with van der Waals surface area (Å²) in [5, 5.41) is 8.51. The van der Waals surface area contributed by atoms with Gasteiger partial charge in [-0.05, 0) is 12.3 Å². The largest absolute Gasteiger partial charge is 0.480 e. The Morgan fingerprint density at radius 1 is 1.53 bits per heavy atom. The maximum Gasteiger partial charge on any atom is 0.323 e. The number of hydrogen-bond acceptors (Lipinski definition) is 2. The number of hydrogen-bond donors (Lipinski definition) is 1. The van der Waals surface area contributed by atoms with Crippen molar-refractivity contribution in [3.8, 4) is 0 Å². The lowest BCUT2D eigenvalue weighted by molar-refractivity contribution is -0.142. The second-order valence-corrected chi connectivity index (χ2v) is 3.53. The van der Waals surface area contributed by atoms with E-state index in [9.17, 15) is 9.59 Å². The summed E-state index contributed by atoms with van der Waals surface area (Å²) in [5.41, 5.74) is 0. The molecule has 0 aromatic carbocycles. The molecule has 0 saturated carbocycles. The number of carboxylic acid groups (broad SMARTS) is 1. The number of likely N-dealkylation sites (tertiary alicyclic amines) is 1. The molecule has 0 aromatic rings. The monoisotopic (exact) mass is 215 g/mol. The lowest BCUT2D eigenvalue weighted by Gasteiger charge is -2.12. The fourth-order valence-corrected chi connectivity index (χ4v) is 1.77. The van der Waals surface area contributed by atoms with Crippen LogP contribution in [-0.2, 0) is 9.59 Å². The van der Waals surface area contributed by atoms with Gasteiger partial charge in [0.2, 0.25) is 5.91 Å². The first-order valence-electron chi connectivity index (χ1n) is 5.63. The summed E-state index contributed by atoms with van der Waals surface area (Å²) >= 11 is 0. The number of amides is 1. The van der Waals surface area contributed by atoms with E-state index < -0.39 is 5.97 Å². The lowest BCUT2D eigenvalue weighted by Crippen LogP contribution is -2.31. The number of rotatable bonds is 4. The van der Waals surface area contributed by atoms with Crippen molar-refractivity contribution in [2.45, 2.75) is 40.0 Å². The highest BCUT2D eigenvalue weighted by Crippen LogP contribution is 2.21. The number of carboxylic acids is 1. The van der Waals surface area contributed by atoms with Crippen LogP contribution in [0.15, 0.2) is 0 Å². The maximum atomic E-state index is 11.3. The van der Waals surface area contributed by atoms with E-state index in [0.717, 1.165) is 12.8 Å². The van der Waals surface area contributed by atoms with Crippen molar-refractivity contribution in [1.82, 2.24) is 4.90 Å². The zero-order chi connectivity index (χ0) is 11.8. The Kier molecular flexibility index (Phi) is 6.75. The maximum absolute atomic E-state index is 11.3. The fourth-order valence-electron chi connectivity index (χ4n) is 1.77. The van der Waals surface area contributed by atoms with E-state index in [1.165, 1.54) is 4.90 Å². The minimum Gasteiger partial charge on any atom is -0.480 e. The van der Waals surface area contributed by atoms with Crippen LogP contribution in [0.1, 0.15) is 40.0 Å². The van der Waals surface area contributed by atoms with E-state index in [1.807, 2.05) is 13.8 Å². The third-order valence-electron chi connectivity index (χ3n) is 2.32. The zero-order valence-corrected chi connectivity index (χ0v) is 9.82. The number of nitrogens with zero attached hydrogens (tertiary/aromatic N) is 1. The van der Waals surface area contributed by atoms with Crippen LogP contribution < -0.4 is 0 Å². The predicted molar refractivity (Wildman–Crippen MR) is 58.6 cm³/mol. The Labute approximate surface area is 91.3 Å². The molecular formula is C11H21NO3. The van der Waals surface area contributed by atoms with Crippen molar-refractivity contribution in [3.05, 3.63) is 0 Å². The third-order valence-corrected chi connectivity index (χ3v) is 2.32. The normalized spacial score (nSPS) is 19.8. The molecule has 1 amide bonds. The van der Waals surface area contributed by atoms with Crippen molar-refractivity contribution in [3.63, 3.8) is 0 Å². The number of carbonyl (C=O) groups excluding carboxylic acids is 1. The smallest absolute Gasteiger partial charge is 0.323 e. The summed E-state index contributed by atoms with van der Waals surface area (Å²) in [6, 6.07) is 0. The molecular weight excluding hydrogens is 194 g/mol. The van der Waals surface area contributed by atoms with Crippen LogP contribution in [-0.4, -0.2) is 35.0 Å². The van der Waals surface area contributed by atoms with Crippen molar-refractivity contribution >= 4 is 11.9 Å². The van der Waals surface area contributed by atoms with Crippen LogP contribution in [0.2, 0.25) is 0 Å². The standard InChI is InChI=1S/C9H15NO3.C2H6/c1-2-3-7-4-8(11)10(5-7)6-9(12)13;1-2/h7H,2-6H2,1H3,(H,12,13);1-2H3. The molecule has 4 heteroatoms. The summed E-state index contributed by atoms with van der Waals surface area (Å²) in [6.45, 7) is 6.56. The summed E-state index contributed by atoms with van der Waals surface area (Å²) in [7, 11) is 0. The van der Waals surface area contributed by atoms with E-state index in [0.29, 0.717) is 18.9 Å². The van der Waals surface area contributed by atoms with Crippen molar-refractivity contribution < 1.29 is 14.7 Å². The quantitative estimate of drug-likeness (QED) is 0.777. The zero-order valence-electron chi connectivity index (χ0n) is 9.82. The Morgan fingerprint density at radius 2 is 2.13 bits per heavy atom. The van der Waals surface area contributed by atoms with Crippen LogP contribution in [0.25, 0.3) is 0 Å². The van der Waals surface area contributed by atoms with E-state index in [2.05, 4.69) is 6.92 Å². The number of aliphatic carboxylic acids is 1. The SMILES string of the molecule is CC.CCCC1CC(=O)N(CC(=O)O)C1. The molecule has 88 valence electrons. The average Bonchev–Trinajstić information content (AvgIpc) is 2.50. The molecule has 4 nitrogen and oxygen atoms in total. The van der Waals surface area contributed by atoms with Crippen LogP contribution in [0, 0.1) is 5.92 Å². The highest BCUT2D eigenvalue weighted by atomic mass is 16.4. The van der Waals surface area contributed by atoms with Gasteiger partial charge in [-0.1, -0.05) is 27.2 Å². The highest BCUT2D eigenvalue weighted by molar-refractivity contribution is 5.83. The molecule has 1 N–H and O–H groups in total. The first kappa shape index (κ1) is 13.9. The molecule has 0 radical (unpaired) electrons. The van der Waals surface area contributed by atoms with Gasteiger partial charge < -0.3 is 10.0 Å². The van der Waals surface area contributed by atoms with Crippen molar-refractivity contribution in [1.29, 1.82) is 0 Å². The second-order valence-electron chi connectivity index (χ2n) is 3.53. The highest BCUT2D eigenvalue weighted by Gasteiger charge is 2.29. The topological polar surface area (TPSA) is 57.6 Å². The lowest BCUT2D eigenvalue weighted by atomic mass is 10.0. The van der Waals surface area contributed by atoms with Gasteiger partial charge >= 0.3 is 5.97 Å². The van der Waals surface area contributed by atoms with Crippen LogP contribution in [0.5, 0.6) is 0 Å². The van der Waals surface area contributed by atoms with Gasteiger partial charge in [0.25, 0.3) is 0 Å². The van der Waals surface area contributed by atoms with Gasteiger partial charge in [0.15, 0.2) is 0 Å². The van der Waals surface area contributed by atoms with Gasteiger partial charge in [-0.25, -0.2) is 0 Å². The van der Waals surface area contributed by atoms with Gasteiger partial charge in [-0.15, -0.1) is 0 Å². The molecule has 1 fully saturated rings. The predicted octanol–water partition coefficient (Wildman–Crippen LogP) is 1.75. The Balaban J connectivity index is 0.000000921. The minimum atomic E-state index is -0.925. The summed E-state index contributed by atoms with van der Waals surface area (Å²) in [5.74, 6) is -0.566. The molecule has 0 aliphatic carbocycles. The summed E-state index contributed by atoms with van der Waals surface area (Å²) in [4.78, 5) is 23.1. The molecule has 1 aliphatic rings. The van der Waals surface area contributed by atoms with E-state index in [1.54, 1.807) is 0 Å². The van der Waals surface area contributed by atoms with Gasteiger partial charge in [0.05, 0.1) is 0 Å². The molecule has 1 heterocycles. The first-order chi connectivity index (χ1) is 7.13. The molecule has 1 unspecified atom stereocenters. The molecule has 1 saturated heterocycles. The summed E-state index contributed by atoms with van der Waals surface area (Å²) in [6.07, 6.45) is 2.60. The van der Waals surface area contributed by atoms with Crippen molar-refractivity contribution in [2.24, 2.45) is 5.92 Å². The molecule has 0 bridgehead atoms. The van der Waals surface area contributed by atoms with Crippen molar-refractivity contribution in [2.75, 3.05) is 13.1 Å². The fraction of sp³-hybridized carbons (Fsp3) is 0.818. The number of carbonyl (C=O) groups is 2. The van der Waals surface area contributed by atoms with Gasteiger partial charge in [0, 0.05) is 13.0 Å². The Bertz CT molecular complexity index is 216. The van der Waals surface area contributed by atoms with Crippen LogP contribution in [0.3, 0.4) is 0 Å². The van der Waals surface area contributed by atoms with Crippen LogP contribution in [0.4, 0.5) is 0 Å². The first-order valence-corrected chi connectivity index (χ1v) is 5.63. The minimum absolute atomic E-state index is 0.0131. The summed E-state index contributed by atoms with van der Waals surface area (Å²) < 4.78 is 0. The second kappa shape index (κ2) is 7.26. The van der Waals surface area contributed by atoms with E-state index in [4.69, 9.17) is 5.11 Å². The molecule has 1 rings (SSSR count). The molecule has 1 atom stereocenters.